The molecular weight excluding hydrogens is 277 g/mol. The summed E-state index contributed by atoms with van der Waals surface area (Å²) in [7, 11) is 0. The predicted molar refractivity (Wildman–Crippen MR) is 68.3 cm³/mol. The first kappa shape index (κ1) is 13.7. The van der Waals surface area contributed by atoms with E-state index in [1.165, 1.54) is 18.2 Å². The topological polar surface area (TPSA) is 9.23 Å². The molecule has 0 aliphatic rings. The molecule has 2 aromatic rings. The van der Waals surface area contributed by atoms with Crippen molar-refractivity contribution in [3.05, 3.63) is 53.1 Å². The number of halogens is 4. The maximum atomic E-state index is 12.2. The summed E-state index contributed by atoms with van der Waals surface area (Å²) in [6.45, 7) is 1.88. The van der Waals surface area contributed by atoms with Crippen LogP contribution in [-0.4, -0.2) is 6.36 Å². The van der Waals surface area contributed by atoms with E-state index in [-0.39, 0.29) is 5.75 Å². The van der Waals surface area contributed by atoms with Gasteiger partial charge < -0.3 is 4.74 Å². The minimum atomic E-state index is -4.70. The van der Waals surface area contributed by atoms with Gasteiger partial charge >= 0.3 is 6.36 Å². The van der Waals surface area contributed by atoms with Gasteiger partial charge in [0.2, 0.25) is 0 Å². The highest BCUT2D eigenvalue weighted by Crippen LogP contribution is 2.32. The quantitative estimate of drug-likeness (QED) is 0.736. The van der Waals surface area contributed by atoms with Crippen molar-refractivity contribution >= 4 is 11.6 Å². The molecule has 0 atom stereocenters. The van der Waals surface area contributed by atoms with E-state index in [0.29, 0.717) is 16.1 Å². The normalized spacial score (nSPS) is 11.4. The Balaban J connectivity index is 2.40. The van der Waals surface area contributed by atoms with Crippen LogP contribution < -0.4 is 4.74 Å². The second-order valence-corrected chi connectivity index (χ2v) is 4.47. The standard InChI is InChI=1S/C14H10ClF3O/c1-9-5-6-13(15)12(7-9)10-3-2-4-11(8-10)19-14(16,17)18/h2-8H,1H3. The molecule has 2 rings (SSSR count). The number of alkyl halides is 3. The van der Waals surface area contributed by atoms with Crippen molar-refractivity contribution in [2.24, 2.45) is 0 Å². The highest BCUT2D eigenvalue weighted by atomic mass is 35.5. The SMILES string of the molecule is Cc1ccc(Cl)c(-c2cccc(OC(F)(F)F)c2)c1. The van der Waals surface area contributed by atoms with Gasteiger partial charge in [0.05, 0.1) is 0 Å². The molecule has 0 amide bonds. The Kier molecular flexibility index (Phi) is 3.71. The minimum Gasteiger partial charge on any atom is -0.406 e. The third kappa shape index (κ3) is 3.64. The lowest BCUT2D eigenvalue weighted by Crippen LogP contribution is -2.17. The third-order valence-corrected chi connectivity index (χ3v) is 2.83. The lowest BCUT2D eigenvalue weighted by atomic mass is 10.0. The Morgan fingerprint density at radius 2 is 1.79 bits per heavy atom. The monoisotopic (exact) mass is 286 g/mol. The molecule has 0 bridgehead atoms. The summed E-state index contributed by atoms with van der Waals surface area (Å²) >= 11 is 6.05. The van der Waals surface area contributed by atoms with Gasteiger partial charge in [-0.15, -0.1) is 13.2 Å². The van der Waals surface area contributed by atoms with Crippen molar-refractivity contribution in [3.63, 3.8) is 0 Å². The molecule has 0 N–H and O–H groups in total. The second kappa shape index (κ2) is 5.13. The molecule has 19 heavy (non-hydrogen) atoms. The van der Waals surface area contributed by atoms with Crippen molar-refractivity contribution in [2.45, 2.75) is 13.3 Å². The van der Waals surface area contributed by atoms with Gasteiger partial charge in [-0.05, 0) is 36.8 Å². The molecule has 2 aromatic carbocycles. The molecule has 5 heteroatoms. The van der Waals surface area contributed by atoms with E-state index in [1.54, 1.807) is 12.1 Å². The lowest BCUT2D eigenvalue weighted by molar-refractivity contribution is -0.274. The van der Waals surface area contributed by atoms with Gasteiger partial charge in [-0.3, -0.25) is 0 Å². The fourth-order valence-electron chi connectivity index (χ4n) is 1.72. The van der Waals surface area contributed by atoms with Crippen molar-refractivity contribution in [3.8, 4) is 16.9 Å². The predicted octanol–water partition coefficient (Wildman–Crippen LogP) is 5.21. The Labute approximate surface area is 113 Å². The zero-order chi connectivity index (χ0) is 14.0. The Bertz CT molecular complexity index is 593. The van der Waals surface area contributed by atoms with Gasteiger partial charge in [-0.25, -0.2) is 0 Å². The average Bonchev–Trinajstić information content (AvgIpc) is 2.30. The van der Waals surface area contributed by atoms with Crippen LogP contribution in [0.25, 0.3) is 11.1 Å². The number of ether oxygens (including phenoxy) is 1. The number of hydrogen-bond acceptors (Lipinski definition) is 1. The van der Waals surface area contributed by atoms with Crippen LogP contribution in [0.15, 0.2) is 42.5 Å². The van der Waals surface area contributed by atoms with Crippen LogP contribution in [0.5, 0.6) is 5.75 Å². The molecule has 0 saturated carbocycles. The fraction of sp³-hybridized carbons (Fsp3) is 0.143. The average molecular weight is 287 g/mol. The van der Waals surface area contributed by atoms with Crippen molar-refractivity contribution in [2.75, 3.05) is 0 Å². The molecule has 0 aliphatic carbocycles. The molecule has 0 aliphatic heterocycles. The molecule has 0 fully saturated rings. The number of rotatable bonds is 2. The molecule has 100 valence electrons. The summed E-state index contributed by atoms with van der Waals surface area (Å²) in [5.41, 5.74) is 2.23. The summed E-state index contributed by atoms with van der Waals surface area (Å²) in [4.78, 5) is 0. The summed E-state index contributed by atoms with van der Waals surface area (Å²) in [5, 5.41) is 0.481. The van der Waals surface area contributed by atoms with E-state index in [2.05, 4.69) is 4.74 Å². The molecule has 0 unspecified atom stereocenters. The molecule has 0 radical (unpaired) electrons. The van der Waals surface area contributed by atoms with Crippen LogP contribution in [0.2, 0.25) is 5.02 Å². The zero-order valence-electron chi connectivity index (χ0n) is 9.96. The van der Waals surface area contributed by atoms with Crippen LogP contribution in [-0.2, 0) is 0 Å². The summed E-state index contributed by atoms with van der Waals surface area (Å²) < 4.78 is 40.4. The number of hydrogen-bond donors (Lipinski definition) is 0. The zero-order valence-corrected chi connectivity index (χ0v) is 10.7. The van der Waals surface area contributed by atoms with Gasteiger partial charge in [-0.2, -0.15) is 0 Å². The molecule has 0 spiro atoms. The Morgan fingerprint density at radius 1 is 1.05 bits per heavy atom. The van der Waals surface area contributed by atoms with Crippen LogP contribution in [0.4, 0.5) is 13.2 Å². The largest absolute Gasteiger partial charge is 0.573 e. The molecule has 0 aromatic heterocycles. The van der Waals surface area contributed by atoms with Crippen LogP contribution >= 0.6 is 11.6 Å². The van der Waals surface area contributed by atoms with Crippen LogP contribution in [0, 0.1) is 6.92 Å². The number of aryl methyl sites for hydroxylation is 1. The van der Waals surface area contributed by atoms with Gasteiger partial charge in [0.15, 0.2) is 0 Å². The van der Waals surface area contributed by atoms with Gasteiger partial charge in [0.25, 0.3) is 0 Å². The first-order valence-corrected chi connectivity index (χ1v) is 5.85. The van der Waals surface area contributed by atoms with Crippen molar-refractivity contribution < 1.29 is 17.9 Å². The summed E-state index contributed by atoms with van der Waals surface area (Å²) in [6, 6.07) is 11.1. The highest BCUT2D eigenvalue weighted by molar-refractivity contribution is 6.33. The molecule has 0 heterocycles. The van der Waals surface area contributed by atoms with Crippen LogP contribution in [0.3, 0.4) is 0 Å². The smallest absolute Gasteiger partial charge is 0.406 e. The third-order valence-electron chi connectivity index (χ3n) is 2.50. The molecule has 1 nitrogen and oxygen atoms in total. The fourth-order valence-corrected chi connectivity index (χ4v) is 1.95. The second-order valence-electron chi connectivity index (χ2n) is 4.06. The van der Waals surface area contributed by atoms with E-state index in [1.807, 2.05) is 19.1 Å². The lowest BCUT2D eigenvalue weighted by Gasteiger charge is -2.11. The minimum absolute atomic E-state index is 0.262. The van der Waals surface area contributed by atoms with Crippen LogP contribution in [0.1, 0.15) is 5.56 Å². The Hall–Kier alpha value is -1.68. The van der Waals surface area contributed by atoms with E-state index in [0.717, 1.165) is 5.56 Å². The Morgan fingerprint density at radius 3 is 2.47 bits per heavy atom. The first-order valence-electron chi connectivity index (χ1n) is 5.47. The van der Waals surface area contributed by atoms with Crippen molar-refractivity contribution in [1.29, 1.82) is 0 Å². The summed E-state index contributed by atoms with van der Waals surface area (Å²) in [5.74, 6) is -0.262. The number of benzene rings is 2. The van der Waals surface area contributed by atoms with E-state index in [9.17, 15) is 13.2 Å². The summed E-state index contributed by atoms with van der Waals surface area (Å²) in [6.07, 6.45) is -4.70. The maximum absolute atomic E-state index is 12.2. The maximum Gasteiger partial charge on any atom is 0.573 e. The first-order chi connectivity index (χ1) is 8.85. The van der Waals surface area contributed by atoms with Gasteiger partial charge in [0.1, 0.15) is 5.75 Å². The van der Waals surface area contributed by atoms with Gasteiger partial charge in [0, 0.05) is 10.6 Å². The van der Waals surface area contributed by atoms with Crippen molar-refractivity contribution in [1.82, 2.24) is 0 Å². The molecular formula is C14H10ClF3O. The highest BCUT2D eigenvalue weighted by Gasteiger charge is 2.31. The van der Waals surface area contributed by atoms with E-state index < -0.39 is 6.36 Å². The van der Waals surface area contributed by atoms with E-state index in [4.69, 9.17) is 11.6 Å². The van der Waals surface area contributed by atoms with E-state index >= 15 is 0 Å². The molecule has 0 saturated heterocycles. The van der Waals surface area contributed by atoms with Gasteiger partial charge in [-0.1, -0.05) is 35.4 Å².